The number of nitrogens with zero attached hydrogens (tertiary/aromatic N) is 2. The summed E-state index contributed by atoms with van der Waals surface area (Å²) in [5, 5.41) is 0.820. The Kier molecular flexibility index (Phi) is 6.47. The molecule has 30 heavy (non-hydrogen) atoms. The molecule has 0 N–H and O–H groups in total. The van der Waals surface area contributed by atoms with Crippen LogP contribution in [0.4, 0.5) is 0 Å². The lowest BCUT2D eigenvalue weighted by Crippen LogP contribution is -3.00. The topological polar surface area (TPSA) is 93.2 Å². The first-order valence-corrected chi connectivity index (χ1v) is 9.29. The summed E-state index contributed by atoms with van der Waals surface area (Å²) >= 11 is 0. The minimum atomic E-state index is -0.426. The minimum absolute atomic E-state index is 0. The van der Waals surface area contributed by atoms with Crippen LogP contribution in [-0.4, -0.2) is 54.4 Å². The van der Waals surface area contributed by atoms with Crippen LogP contribution >= 0.6 is 0 Å². The van der Waals surface area contributed by atoms with Crippen LogP contribution in [0, 0.1) is 6.92 Å². The second kappa shape index (κ2) is 9.04. The summed E-state index contributed by atoms with van der Waals surface area (Å²) in [5.41, 5.74) is 0.816. The molecular weight excluding hydrogens is 412 g/mol. The molecule has 0 aliphatic carbocycles. The van der Waals surface area contributed by atoms with Crippen molar-refractivity contribution in [2.75, 3.05) is 32.8 Å². The number of rotatable bonds is 4. The van der Waals surface area contributed by atoms with Gasteiger partial charge in [0.15, 0.2) is 12.4 Å². The quantitative estimate of drug-likeness (QED) is 0.495. The smallest absolute Gasteiger partial charge is 0.336 e. The molecule has 0 saturated carbocycles. The van der Waals surface area contributed by atoms with Crippen LogP contribution in [0.3, 0.4) is 0 Å². The van der Waals surface area contributed by atoms with Crippen molar-refractivity contribution < 1.29 is 35.6 Å². The first-order chi connectivity index (χ1) is 14.0. The molecular formula is C21H20ClN2O6-. The van der Waals surface area contributed by atoms with Gasteiger partial charge in [-0.3, -0.25) is 9.59 Å². The standard InChI is InChI=1S/C21H20N2O6.ClH/c1-14-11-20(25)29-18-12-15(4-5-16(14)18)28-13-19(24)22-6-8-23(9-7-22)21(26)17-3-2-10-27-17;/h2-5,10-12H,6-9,13H2,1H3;1H/p-1. The zero-order valence-electron chi connectivity index (χ0n) is 16.3. The third-order valence-electron chi connectivity index (χ3n) is 4.94. The van der Waals surface area contributed by atoms with Crippen molar-refractivity contribution in [3.8, 4) is 5.75 Å². The van der Waals surface area contributed by atoms with Crippen molar-refractivity contribution >= 4 is 22.8 Å². The van der Waals surface area contributed by atoms with Gasteiger partial charge >= 0.3 is 5.63 Å². The van der Waals surface area contributed by atoms with Gasteiger partial charge in [0.05, 0.1) is 6.26 Å². The van der Waals surface area contributed by atoms with Crippen LogP contribution in [-0.2, 0) is 4.79 Å². The summed E-state index contributed by atoms with van der Waals surface area (Å²) < 4.78 is 15.9. The number of fused-ring (bicyclic) bond motifs is 1. The molecule has 3 aromatic rings. The number of halogens is 1. The summed E-state index contributed by atoms with van der Waals surface area (Å²) in [7, 11) is 0. The van der Waals surface area contributed by atoms with Crippen LogP contribution in [0.5, 0.6) is 5.75 Å². The first-order valence-electron chi connectivity index (χ1n) is 9.29. The maximum absolute atomic E-state index is 12.5. The Hall–Kier alpha value is -3.26. The van der Waals surface area contributed by atoms with Gasteiger partial charge in [0.25, 0.3) is 11.8 Å². The SMILES string of the molecule is Cc1cc(=O)oc2cc(OCC(=O)N3CCN(C(=O)c4ccco4)CC3)ccc12.[Cl-]. The molecule has 2 amide bonds. The minimum Gasteiger partial charge on any atom is -1.00 e. The van der Waals surface area contributed by atoms with Crippen LogP contribution in [0.25, 0.3) is 11.0 Å². The molecule has 158 valence electrons. The van der Waals surface area contributed by atoms with Gasteiger partial charge in [0.2, 0.25) is 0 Å². The van der Waals surface area contributed by atoms with Crippen LogP contribution in [0.15, 0.2) is 56.3 Å². The zero-order chi connectivity index (χ0) is 20.4. The molecule has 2 aromatic heterocycles. The van der Waals surface area contributed by atoms with Crippen molar-refractivity contribution in [1.82, 2.24) is 9.80 Å². The number of furan rings is 1. The van der Waals surface area contributed by atoms with Gasteiger partial charge < -0.3 is 35.8 Å². The van der Waals surface area contributed by atoms with Gasteiger partial charge in [-0.1, -0.05) is 0 Å². The summed E-state index contributed by atoms with van der Waals surface area (Å²) in [5.74, 6) is 0.407. The lowest BCUT2D eigenvalue weighted by Gasteiger charge is -2.34. The van der Waals surface area contributed by atoms with Crippen molar-refractivity contribution in [2.45, 2.75) is 6.92 Å². The predicted molar refractivity (Wildman–Crippen MR) is 104 cm³/mol. The largest absolute Gasteiger partial charge is 1.00 e. The van der Waals surface area contributed by atoms with Crippen LogP contribution < -0.4 is 22.8 Å². The van der Waals surface area contributed by atoms with Crippen molar-refractivity contribution in [3.05, 3.63) is 64.4 Å². The fourth-order valence-corrected chi connectivity index (χ4v) is 3.35. The highest BCUT2D eigenvalue weighted by Gasteiger charge is 2.26. The normalized spacial score (nSPS) is 13.8. The maximum atomic E-state index is 12.5. The monoisotopic (exact) mass is 431 g/mol. The van der Waals surface area contributed by atoms with E-state index in [-0.39, 0.29) is 30.8 Å². The van der Waals surface area contributed by atoms with Crippen molar-refractivity contribution in [2.24, 2.45) is 0 Å². The molecule has 4 rings (SSSR count). The lowest BCUT2D eigenvalue weighted by atomic mass is 10.1. The number of amides is 2. The van der Waals surface area contributed by atoms with E-state index in [1.165, 1.54) is 12.3 Å². The van der Waals surface area contributed by atoms with Crippen LogP contribution in [0.1, 0.15) is 16.1 Å². The Labute approximate surface area is 178 Å². The number of hydrogen-bond acceptors (Lipinski definition) is 6. The van der Waals surface area contributed by atoms with Gasteiger partial charge in [-0.15, -0.1) is 0 Å². The molecule has 9 heteroatoms. The predicted octanol–water partition coefficient (Wildman–Crippen LogP) is -0.938. The second-order valence-corrected chi connectivity index (χ2v) is 6.85. The van der Waals surface area contributed by atoms with E-state index in [4.69, 9.17) is 13.6 Å². The Morgan fingerprint density at radius 1 is 1.07 bits per heavy atom. The summed E-state index contributed by atoms with van der Waals surface area (Å²) in [6.45, 7) is 3.44. The molecule has 0 radical (unpaired) electrons. The van der Waals surface area contributed by atoms with Crippen LogP contribution in [0.2, 0.25) is 0 Å². The number of ether oxygens (including phenoxy) is 1. The molecule has 1 aliphatic heterocycles. The molecule has 0 unspecified atom stereocenters. The van der Waals surface area contributed by atoms with E-state index in [0.717, 1.165) is 10.9 Å². The Bertz CT molecular complexity index is 1100. The fourth-order valence-electron chi connectivity index (χ4n) is 3.35. The van der Waals surface area contributed by atoms with Gasteiger partial charge in [-0.2, -0.15) is 0 Å². The number of hydrogen-bond donors (Lipinski definition) is 0. The zero-order valence-corrected chi connectivity index (χ0v) is 17.1. The lowest BCUT2D eigenvalue weighted by molar-refractivity contribution is -0.134. The Morgan fingerprint density at radius 2 is 1.80 bits per heavy atom. The molecule has 1 saturated heterocycles. The highest BCUT2D eigenvalue weighted by molar-refractivity contribution is 5.91. The van der Waals surface area contributed by atoms with Gasteiger partial charge in [0.1, 0.15) is 11.3 Å². The second-order valence-electron chi connectivity index (χ2n) is 6.85. The average molecular weight is 432 g/mol. The number of carbonyl (C=O) groups excluding carboxylic acids is 2. The molecule has 1 aromatic carbocycles. The number of aryl methyl sites for hydroxylation is 1. The highest BCUT2D eigenvalue weighted by Crippen LogP contribution is 2.22. The van der Waals surface area contributed by atoms with E-state index in [2.05, 4.69) is 0 Å². The Balaban J connectivity index is 0.00000256. The molecule has 0 spiro atoms. The van der Waals surface area contributed by atoms with E-state index in [1.807, 2.05) is 6.92 Å². The summed E-state index contributed by atoms with van der Waals surface area (Å²) in [4.78, 5) is 39.6. The van der Waals surface area contributed by atoms with E-state index >= 15 is 0 Å². The first kappa shape index (κ1) is 21.4. The molecule has 1 fully saturated rings. The number of carbonyl (C=O) groups is 2. The summed E-state index contributed by atoms with van der Waals surface area (Å²) in [6, 6.07) is 9.87. The summed E-state index contributed by atoms with van der Waals surface area (Å²) in [6.07, 6.45) is 1.46. The third-order valence-corrected chi connectivity index (χ3v) is 4.94. The van der Waals surface area contributed by atoms with E-state index in [0.29, 0.717) is 43.3 Å². The molecule has 3 heterocycles. The average Bonchev–Trinajstić information content (AvgIpc) is 3.26. The van der Waals surface area contributed by atoms with E-state index in [9.17, 15) is 14.4 Å². The van der Waals surface area contributed by atoms with Crippen molar-refractivity contribution in [3.63, 3.8) is 0 Å². The molecule has 1 aliphatic rings. The fraction of sp³-hybridized carbons (Fsp3) is 0.286. The molecule has 0 bridgehead atoms. The third kappa shape index (κ3) is 4.49. The highest BCUT2D eigenvalue weighted by atomic mass is 35.5. The van der Waals surface area contributed by atoms with Crippen molar-refractivity contribution in [1.29, 1.82) is 0 Å². The Morgan fingerprint density at radius 3 is 2.50 bits per heavy atom. The van der Waals surface area contributed by atoms with E-state index < -0.39 is 5.63 Å². The van der Waals surface area contributed by atoms with Gasteiger partial charge in [0, 0.05) is 43.7 Å². The van der Waals surface area contributed by atoms with E-state index in [1.54, 1.807) is 40.1 Å². The number of benzene rings is 1. The maximum Gasteiger partial charge on any atom is 0.336 e. The molecule has 8 nitrogen and oxygen atoms in total. The number of piperazine rings is 1. The van der Waals surface area contributed by atoms with Gasteiger partial charge in [-0.25, -0.2) is 4.79 Å². The van der Waals surface area contributed by atoms with Gasteiger partial charge in [-0.05, 0) is 36.8 Å². The molecule has 0 atom stereocenters.